The highest BCUT2D eigenvalue weighted by atomic mass is 16.5. The third-order valence-corrected chi connectivity index (χ3v) is 4.57. The van der Waals surface area contributed by atoms with Gasteiger partial charge in [0.15, 0.2) is 11.5 Å². The van der Waals surface area contributed by atoms with Gasteiger partial charge in [-0.2, -0.15) is 0 Å². The van der Waals surface area contributed by atoms with Gasteiger partial charge in [0.05, 0.1) is 18.8 Å². The highest BCUT2D eigenvalue weighted by Crippen LogP contribution is 2.45. The van der Waals surface area contributed by atoms with Crippen LogP contribution in [0.25, 0.3) is 0 Å². The lowest BCUT2D eigenvalue weighted by Gasteiger charge is -2.40. The fourth-order valence-electron chi connectivity index (χ4n) is 3.47. The minimum absolute atomic E-state index is 0.332. The van der Waals surface area contributed by atoms with E-state index in [1.807, 2.05) is 32.0 Å². The lowest BCUT2D eigenvalue weighted by atomic mass is 9.70. The molecule has 0 saturated heterocycles. The van der Waals surface area contributed by atoms with E-state index in [2.05, 4.69) is 6.92 Å². The quantitative estimate of drug-likeness (QED) is 0.851. The Hall–Kier alpha value is -1.22. The molecule has 1 aromatic rings. The van der Waals surface area contributed by atoms with Gasteiger partial charge in [-0.15, -0.1) is 0 Å². The van der Waals surface area contributed by atoms with Crippen LogP contribution in [0.2, 0.25) is 0 Å². The van der Waals surface area contributed by atoms with E-state index in [1.165, 1.54) is 6.42 Å². The van der Waals surface area contributed by atoms with E-state index >= 15 is 0 Å². The molecule has 0 aromatic heterocycles. The monoisotopic (exact) mass is 292 g/mol. The largest absolute Gasteiger partial charge is 0.490 e. The van der Waals surface area contributed by atoms with Crippen LogP contribution in [0.5, 0.6) is 11.5 Å². The molecule has 0 heterocycles. The lowest BCUT2D eigenvalue weighted by molar-refractivity contribution is -0.0559. The summed E-state index contributed by atoms with van der Waals surface area (Å²) in [7, 11) is 0. The molecule has 1 fully saturated rings. The average Bonchev–Trinajstić information content (AvgIpc) is 2.50. The van der Waals surface area contributed by atoms with E-state index in [4.69, 9.17) is 9.47 Å². The SMILES string of the molecule is CCOc1ccc(C2(O)CCCCC2CC)cc1OCC. The number of benzene rings is 1. The Morgan fingerprint density at radius 1 is 1.10 bits per heavy atom. The van der Waals surface area contributed by atoms with E-state index in [0.29, 0.717) is 19.1 Å². The second-order valence-corrected chi connectivity index (χ2v) is 5.80. The maximum atomic E-state index is 11.2. The van der Waals surface area contributed by atoms with E-state index < -0.39 is 5.60 Å². The van der Waals surface area contributed by atoms with Crippen LogP contribution in [0.1, 0.15) is 58.4 Å². The molecule has 2 unspecified atom stereocenters. The summed E-state index contributed by atoms with van der Waals surface area (Å²) in [5.41, 5.74) is 0.254. The van der Waals surface area contributed by atoms with E-state index in [0.717, 1.165) is 42.7 Å². The van der Waals surface area contributed by atoms with Gasteiger partial charge < -0.3 is 14.6 Å². The van der Waals surface area contributed by atoms with Crippen molar-refractivity contribution in [3.05, 3.63) is 23.8 Å². The number of ether oxygens (including phenoxy) is 2. The zero-order valence-corrected chi connectivity index (χ0v) is 13.5. The van der Waals surface area contributed by atoms with Gasteiger partial charge in [0.1, 0.15) is 0 Å². The first-order chi connectivity index (χ1) is 10.2. The Kier molecular flexibility index (Phi) is 5.51. The summed E-state index contributed by atoms with van der Waals surface area (Å²) in [4.78, 5) is 0. The first-order valence-corrected chi connectivity index (χ1v) is 8.28. The summed E-state index contributed by atoms with van der Waals surface area (Å²) in [5, 5.41) is 11.2. The second kappa shape index (κ2) is 7.17. The number of aliphatic hydroxyl groups is 1. The fourth-order valence-corrected chi connectivity index (χ4v) is 3.47. The highest BCUT2D eigenvalue weighted by molar-refractivity contribution is 5.45. The van der Waals surface area contributed by atoms with Crippen molar-refractivity contribution in [3.63, 3.8) is 0 Å². The zero-order valence-electron chi connectivity index (χ0n) is 13.5. The van der Waals surface area contributed by atoms with Gasteiger partial charge in [-0.05, 0) is 50.3 Å². The van der Waals surface area contributed by atoms with Gasteiger partial charge in [0.2, 0.25) is 0 Å². The molecular formula is C18H28O3. The zero-order chi connectivity index (χ0) is 15.3. The molecule has 118 valence electrons. The number of rotatable bonds is 6. The van der Waals surface area contributed by atoms with Crippen LogP contribution >= 0.6 is 0 Å². The molecular weight excluding hydrogens is 264 g/mol. The molecule has 0 amide bonds. The van der Waals surface area contributed by atoms with E-state index in [1.54, 1.807) is 0 Å². The molecule has 3 heteroatoms. The molecule has 1 saturated carbocycles. The van der Waals surface area contributed by atoms with Crippen LogP contribution in [-0.4, -0.2) is 18.3 Å². The lowest BCUT2D eigenvalue weighted by Crippen LogP contribution is -2.37. The van der Waals surface area contributed by atoms with E-state index in [9.17, 15) is 5.11 Å². The molecule has 0 bridgehead atoms. The maximum absolute atomic E-state index is 11.2. The van der Waals surface area contributed by atoms with Gasteiger partial charge in [0.25, 0.3) is 0 Å². The number of hydrogen-bond donors (Lipinski definition) is 1. The first-order valence-electron chi connectivity index (χ1n) is 8.28. The van der Waals surface area contributed by atoms with Crippen molar-refractivity contribution in [1.29, 1.82) is 0 Å². The van der Waals surface area contributed by atoms with Crippen LogP contribution in [-0.2, 0) is 5.60 Å². The Balaban J connectivity index is 2.35. The molecule has 1 aromatic carbocycles. The third kappa shape index (κ3) is 3.34. The fraction of sp³-hybridized carbons (Fsp3) is 0.667. The molecule has 0 radical (unpaired) electrons. The van der Waals surface area contributed by atoms with Crippen LogP contribution in [0.15, 0.2) is 18.2 Å². The molecule has 21 heavy (non-hydrogen) atoms. The smallest absolute Gasteiger partial charge is 0.161 e. The van der Waals surface area contributed by atoms with Crippen molar-refractivity contribution in [2.75, 3.05) is 13.2 Å². The summed E-state index contributed by atoms with van der Waals surface area (Å²) < 4.78 is 11.3. The van der Waals surface area contributed by atoms with Crippen molar-refractivity contribution in [1.82, 2.24) is 0 Å². The first kappa shape index (κ1) is 16.2. The van der Waals surface area contributed by atoms with Gasteiger partial charge in [0, 0.05) is 0 Å². The topological polar surface area (TPSA) is 38.7 Å². The summed E-state index contributed by atoms with van der Waals surface area (Å²) in [6, 6.07) is 5.91. The molecule has 3 nitrogen and oxygen atoms in total. The summed E-state index contributed by atoms with van der Waals surface area (Å²) in [6.07, 6.45) is 5.25. The Morgan fingerprint density at radius 2 is 1.81 bits per heavy atom. The van der Waals surface area contributed by atoms with Gasteiger partial charge >= 0.3 is 0 Å². The molecule has 1 N–H and O–H groups in total. The highest BCUT2D eigenvalue weighted by Gasteiger charge is 2.39. The molecule has 2 atom stereocenters. The third-order valence-electron chi connectivity index (χ3n) is 4.57. The van der Waals surface area contributed by atoms with Crippen LogP contribution in [0.4, 0.5) is 0 Å². The minimum atomic E-state index is -0.719. The predicted octanol–water partition coefficient (Wildman–Crippen LogP) is 4.27. The van der Waals surface area contributed by atoms with Crippen LogP contribution in [0.3, 0.4) is 0 Å². The van der Waals surface area contributed by atoms with Crippen molar-refractivity contribution >= 4 is 0 Å². The molecule has 1 aliphatic carbocycles. The molecule has 1 aliphatic rings. The average molecular weight is 292 g/mol. The maximum Gasteiger partial charge on any atom is 0.161 e. The Bertz CT molecular complexity index is 458. The van der Waals surface area contributed by atoms with Gasteiger partial charge in [-0.3, -0.25) is 0 Å². The minimum Gasteiger partial charge on any atom is -0.490 e. The summed E-state index contributed by atoms with van der Waals surface area (Å²) >= 11 is 0. The molecule has 0 spiro atoms. The van der Waals surface area contributed by atoms with Gasteiger partial charge in [-0.1, -0.05) is 32.3 Å². The van der Waals surface area contributed by atoms with Crippen molar-refractivity contribution in [3.8, 4) is 11.5 Å². The van der Waals surface area contributed by atoms with E-state index in [-0.39, 0.29) is 0 Å². The van der Waals surface area contributed by atoms with Crippen LogP contribution < -0.4 is 9.47 Å². The van der Waals surface area contributed by atoms with Crippen molar-refractivity contribution in [2.24, 2.45) is 5.92 Å². The van der Waals surface area contributed by atoms with Crippen LogP contribution in [0, 0.1) is 5.92 Å². The summed E-state index contributed by atoms with van der Waals surface area (Å²) in [5.74, 6) is 1.83. The Morgan fingerprint density at radius 3 is 2.48 bits per heavy atom. The van der Waals surface area contributed by atoms with Gasteiger partial charge in [-0.25, -0.2) is 0 Å². The Labute approximate surface area is 128 Å². The molecule has 2 rings (SSSR count). The standard InChI is InChI=1S/C18H28O3/c1-4-14-9-7-8-12-18(14,19)15-10-11-16(20-5-2)17(13-15)21-6-3/h10-11,13-14,19H,4-9,12H2,1-3H3. The van der Waals surface area contributed by atoms with Crippen molar-refractivity contribution in [2.45, 2.75) is 58.5 Å². The molecule has 0 aliphatic heterocycles. The normalized spacial score (nSPS) is 25.6. The predicted molar refractivity (Wildman–Crippen MR) is 84.9 cm³/mol. The summed E-state index contributed by atoms with van der Waals surface area (Å²) in [6.45, 7) is 7.30. The number of hydrogen-bond acceptors (Lipinski definition) is 3. The van der Waals surface area contributed by atoms with Crippen molar-refractivity contribution < 1.29 is 14.6 Å². The second-order valence-electron chi connectivity index (χ2n) is 5.80.